The molecule has 0 amide bonds. The van der Waals surface area contributed by atoms with Gasteiger partial charge in [0, 0.05) is 4.47 Å². The molecule has 0 aliphatic carbocycles. The lowest BCUT2D eigenvalue weighted by Crippen LogP contribution is -2.20. The molecule has 0 aliphatic heterocycles. The number of hydrogen-bond donors (Lipinski definition) is 0. The Hall–Kier alpha value is -3.58. The van der Waals surface area contributed by atoms with E-state index >= 15 is 0 Å². The van der Waals surface area contributed by atoms with Crippen molar-refractivity contribution in [2.45, 2.75) is 6.92 Å². The van der Waals surface area contributed by atoms with Crippen molar-refractivity contribution in [3.05, 3.63) is 105 Å². The highest BCUT2D eigenvalue weighted by atomic mass is 79.9. The van der Waals surface area contributed by atoms with Crippen LogP contribution in [0.4, 0.5) is 0 Å². The second kappa shape index (κ2) is 8.42. The predicted molar refractivity (Wildman–Crippen MR) is 119 cm³/mol. The summed E-state index contributed by atoms with van der Waals surface area (Å²) in [5.74, 6) is 0.476. The van der Waals surface area contributed by atoms with E-state index in [1.54, 1.807) is 79.9 Å². The Balaban J connectivity index is 1.52. The molecule has 30 heavy (non-hydrogen) atoms. The van der Waals surface area contributed by atoms with E-state index in [-0.39, 0.29) is 5.56 Å². The number of aryl methyl sites for hydroxylation is 1. The van der Waals surface area contributed by atoms with Gasteiger partial charge in [0.1, 0.15) is 11.6 Å². The quantitative estimate of drug-likeness (QED) is 0.253. The summed E-state index contributed by atoms with van der Waals surface area (Å²) in [6, 6.07) is 20.9. The van der Waals surface area contributed by atoms with Crippen LogP contribution in [0.3, 0.4) is 0 Å². The smallest absolute Gasteiger partial charge is 0.343 e. The van der Waals surface area contributed by atoms with E-state index in [1.807, 2.05) is 6.07 Å². The van der Waals surface area contributed by atoms with Crippen LogP contribution in [-0.2, 0) is 0 Å². The zero-order chi connectivity index (χ0) is 21.1. The summed E-state index contributed by atoms with van der Waals surface area (Å²) >= 11 is 3.33. The maximum Gasteiger partial charge on any atom is 0.343 e. The van der Waals surface area contributed by atoms with Crippen molar-refractivity contribution in [3.63, 3.8) is 0 Å². The van der Waals surface area contributed by atoms with Gasteiger partial charge in [0.05, 0.1) is 22.7 Å². The zero-order valence-electron chi connectivity index (χ0n) is 15.9. The first-order chi connectivity index (χ1) is 14.5. The van der Waals surface area contributed by atoms with Crippen LogP contribution < -0.4 is 10.3 Å². The first kappa shape index (κ1) is 19.7. The third-order valence-electron chi connectivity index (χ3n) is 4.41. The summed E-state index contributed by atoms with van der Waals surface area (Å²) in [6.07, 6.45) is 1.56. The fraction of sp³-hybridized carbons (Fsp3) is 0.0435. The van der Waals surface area contributed by atoms with Crippen LogP contribution >= 0.6 is 15.9 Å². The lowest BCUT2D eigenvalue weighted by Gasteiger charge is -2.06. The maximum absolute atomic E-state index is 12.7. The minimum atomic E-state index is -0.437. The second-order valence-electron chi connectivity index (χ2n) is 6.50. The number of ether oxygens (including phenoxy) is 1. The van der Waals surface area contributed by atoms with E-state index < -0.39 is 5.97 Å². The first-order valence-corrected chi connectivity index (χ1v) is 9.91. The topological polar surface area (TPSA) is 73.6 Å². The number of carbonyl (C=O) groups is 1. The highest BCUT2D eigenvalue weighted by Crippen LogP contribution is 2.16. The molecular weight excluding hydrogens is 446 g/mol. The monoisotopic (exact) mass is 461 g/mol. The Morgan fingerprint density at radius 3 is 2.47 bits per heavy atom. The van der Waals surface area contributed by atoms with E-state index in [4.69, 9.17) is 4.74 Å². The molecule has 0 N–H and O–H groups in total. The van der Waals surface area contributed by atoms with E-state index in [2.05, 4.69) is 26.0 Å². The third kappa shape index (κ3) is 4.21. The number of halogens is 1. The van der Waals surface area contributed by atoms with Crippen LogP contribution in [0.25, 0.3) is 10.9 Å². The van der Waals surface area contributed by atoms with Crippen LogP contribution in [0.2, 0.25) is 0 Å². The van der Waals surface area contributed by atoms with Crippen LogP contribution in [0.15, 0.2) is 87.2 Å². The van der Waals surface area contributed by atoms with Crippen LogP contribution in [0.1, 0.15) is 21.7 Å². The molecule has 4 aromatic rings. The molecular formula is C23H16BrN3O3. The lowest BCUT2D eigenvalue weighted by molar-refractivity contribution is 0.0734. The van der Waals surface area contributed by atoms with Gasteiger partial charge in [-0.25, -0.2) is 9.78 Å². The number of para-hydroxylation sites is 1. The number of nitrogens with zero attached hydrogens (tertiary/aromatic N) is 3. The summed E-state index contributed by atoms with van der Waals surface area (Å²) in [6.45, 7) is 1.73. The summed E-state index contributed by atoms with van der Waals surface area (Å²) in [5.41, 5.74) is 1.62. The summed E-state index contributed by atoms with van der Waals surface area (Å²) in [7, 11) is 0. The van der Waals surface area contributed by atoms with Crippen LogP contribution in [-0.4, -0.2) is 21.8 Å². The molecule has 0 bridgehead atoms. The molecule has 0 atom stereocenters. The lowest BCUT2D eigenvalue weighted by atomic mass is 10.2. The molecule has 1 aromatic heterocycles. The van der Waals surface area contributed by atoms with E-state index in [1.165, 1.54) is 4.68 Å². The number of carbonyl (C=O) groups excluding carboxylic acids is 1. The van der Waals surface area contributed by atoms with E-state index in [9.17, 15) is 9.59 Å². The summed E-state index contributed by atoms with van der Waals surface area (Å²) < 4.78 is 7.54. The van der Waals surface area contributed by atoms with Gasteiger partial charge in [0.2, 0.25) is 0 Å². The van der Waals surface area contributed by atoms with Gasteiger partial charge in [-0.3, -0.25) is 4.79 Å². The maximum atomic E-state index is 12.7. The fourth-order valence-corrected chi connectivity index (χ4v) is 3.13. The Labute approximate surface area is 180 Å². The summed E-state index contributed by atoms with van der Waals surface area (Å²) in [5, 5.41) is 4.79. The van der Waals surface area contributed by atoms with Gasteiger partial charge in [-0.15, -0.1) is 0 Å². The average molecular weight is 462 g/mol. The molecule has 0 saturated carbocycles. The largest absolute Gasteiger partial charge is 0.423 e. The number of fused-ring (bicyclic) bond motifs is 1. The predicted octanol–water partition coefficient (Wildman–Crippen LogP) is 4.57. The van der Waals surface area contributed by atoms with Crippen LogP contribution in [0.5, 0.6) is 5.75 Å². The number of esters is 1. The number of rotatable bonds is 4. The van der Waals surface area contributed by atoms with Crippen molar-refractivity contribution in [1.82, 2.24) is 9.66 Å². The average Bonchev–Trinajstić information content (AvgIpc) is 2.75. The minimum Gasteiger partial charge on any atom is -0.423 e. The highest BCUT2D eigenvalue weighted by molar-refractivity contribution is 9.10. The molecule has 0 unspecified atom stereocenters. The van der Waals surface area contributed by atoms with Gasteiger partial charge < -0.3 is 4.74 Å². The SMILES string of the molecule is Cc1nc2ccccc2c(=O)n1N=Cc1ccc(OC(=O)c2ccc(Br)cc2)cc1. The van der Waals surface area contributed by atoms with Gasteiger partial charge in [0.15, 0.2) is 0 Å². The Kier molecular flexibility index (Phi) is 5.54. The third-order valence-corrected chi connectivity index (χ3v) is 4.94. The number of hydrogen-bond acceptors (Lipinski definition) is 5. The number of aromatic nitrogens is 2. The molecule has 1 heterocycles. The Morgan fingerprint density at radius 1 is 1.03 bits per heavy atom. The summed E-state index contributed by atoms with van der Waals surface area (Å²) in [4.78, 5) is 29.3. The van der Waals surface area contributed by atoms with Gasteiger partial charge in [-0.1, -0.05) is 28.1 Å². The van der Waals surface area contributed by atoms with Crippen molar-refractivity contribution in [3.8, 4) is 5.75 Å². The minimum absolute atomic E-state index is 0.227. The van der Waals surface area contributed by atoms with E-state index in [0.717, 1.165) is 10.0 Å². The van der Waals surface area contributed by atoms with Crippen molar-refractivity contribution >= 4 is 39.0 Å². The van der Waals surface area contributed by atoms with Crippen LogP contribution in [0, 0.1) is 6.92 Å². The molecule has 0 spiro atoms. The highest BCUT2D eigenvalue weighted by Gasteiger charge is 2.09. The van der Waals surface area contributed by atoms with Crippen molar-refractivity contribution in [2.24, 2.45) is 5.10 Å². The molecule has 7 heteroatoms. The second-order valence-corrected chi connectivity index (χ2v) is 7.42. The molecule has 0 fully saturated rings. The zero-order valence-corrected chi connectivity index (χ0v) is 17.5. The van der Waals surface area contributed by atoms with E-state index in [0.29, 0.717) is 28.0 Å². The standard InChI is InChI=1S/C23H16BrN3O3/c1-15-26-21-5-3-2-4-20(21)22(28)27(15)25-14-16-6-12-19(13-7-16)30-23(29)17-8-10-18(24)11-9-17/h2-14H,1H3. The van der Waals surface area contributed by atoms with Gasteiger partial charge in [0.25, 0.3) is 5.56 Å². The van der Waals surface area contributed by atoms with Crippen molar-refractivity contribution < 1.29 is 9.53 Å². The molecule has 0 radical (unpaired) electrons. The molecule has 0 saturated heterocycles. The number of benzene rings is 3. The van der Waals surface area contributed by atoms with Gasteiger partial charge >= 0.3 is 5.97 Å². The normalized spacial score (nSPS) is 11.1. The van der Waals surface area contributed by atoms with Crippen molar-refractivity contribution in [2.75, 3.05) is 0 Å². The first-order valence-electron chi connectivity index (χ1n) is 9.12. The molecule has 148 valence electrons. The van der Waals surface area contributed by atoms with Crippen molar-refractivity contribution in [1.29, 1.82) is 0 Å². The van der Waals surface area contributed by atoms with Gasteiger partial charge in [-0.2, -0.15) is 9.78 Å². The fourth-order valence-electron chi connectivity index (χ4n) is 2.87. The molecule has 6 nitrogen and oxygen atoms in total. The van der Waals surface area contributed by atoms with Gasteiger partial charge in [-0.05, 0) is 73.2 Å². The molecule has 0 aliphatic rings. The molecule has 3 aromatic carbocycles. The Morgan fingerprint density at radius 2 is 1.73 bits per heavy atom. The molecule has 4 rings (SSSR count). The Bertz CT molecular complexity index is 1310.